The lowest BCUT2D eigenvalue weighted by Crippen LogP contribution is -2.35. The molecule has 0 aromatic heterocycles. The van der Waals surface area contributed by atoms with Gasteiger partial charge in [-0.3, -0.25) is 0 Å². The largest absolute Gasteiger partial charge is 0.491 e. The molecular weight excluding hydrogens is 216 g/mol. The Labute approximate surface area is 103 Å². The van der Waals surface area contributed by atoms with E-state index >= 15 is 0 Å². The number of anilines is 1. The number of aliphatic hydroxyl groups excluding tert-OH is 1. The van der Waals surface area contributed by atoms with E-state index in [0.29, 0.717) is 18.8 Å². The predicted molar refractivity (Wildman–Crippen MR) is 70.1 cm³/mol. The smallest absolute Gasteiger partial charge is 0.119 e. The van der Waals surface area contributed by atoms with Gasteiger partial charge in [-0.15, -0.1) is 0 Å². The van der Waals surface area contributed by atoms with Crippen LogP contribution < -0.4 is 10.5 Å². The van der Waals surface area contributed by atoms with Gasteiger partial charge >= 0.3 is 0 Å². The molecule has 1 unspecified atom stereocenters. The summed E-state index contributed by atoms with van der Waals surface area (Å²) in [5, 5.41) is 9.81. The number of nitrogens with zero attached hydrogens (tertiary/aromatic N) is 1. The third kappa shape index (κ3) is 5.06. The maximum atomic E-state index is 9.81. The molecule has 3 N–H and O–H groups in total. The van der Waals surface area contributed by atoms with Crippen LogP contribution in [0.15, 0.2) is 24.3 Å². The number of nitrogens with two attached hydrogens (primary N) is 1. The number of benzene rings is 1. The summed E-state index contributed by atoms with van der Waals surface area (Å²) in [7, 11) is 0. The molecule has 4 nitrogen and oxygen atoms in total. The first kappa shape index (κ1) is 13.8. The molecule has 4 heteroatoms. The van der Waals surface area contributed by atoms with Crippen LogP contribution in [0, 0.1) is 0 Å². The molecule has 1 aromatic carbocycles. The predicted octanol–water partition coefficient (Wildman–Crippen LogP) is 1.35. The number of ether oxygens (including phenoxy) is 1. The molecule has 1 atom stereocenters. The van der Waals surface area contributed by atoms with Gasteiger partial charge in [-0.1, -0.05) is 13.8 Å². The van der Waals surface area contributed by atoms with E-state index in [1.54, 1.807) is 24.3 Å². The molecule has 1 rings (SSSR count). The van der Waals surface area contributed by atoms with E-state index in [1.165, 1.54) is 0 Å². The van der Waals surface area contributed by atoms with Crippen molar-refractivity contribution in [1.29, 1.82) is 0 Å². The highest BCUT2D eigenvalue weighted by Crippen LogP contribution is 2.13. The van der Waals surface area contributed by atoms with Crippen molar-refractivity contribution in [1.82, 2.24) is 4.90 Å². The molecule has 0 aliphatic carbocycles. The van der Waals surface area contributed by atoms with Crippen molar-refractivity contribution in [3.05, 3.63) is 24.3 Å². The molecular formula is C13H22N2O2. The first-order valence-electron chi connectivity index (χ1n) is 6.04. The Bertz CT molecular complexity index is 310. The van der Waals surface area contributed by atoms with Gasteiger partial charge in [0, 0.05) is 12.2 Å². The molecule has 1 aromatic rings. The van der Waals surface area contributed by atoms with Gasteiger partial charge in [-0.05, 0) is 37.4 Å². The molecule has 0 saturated heterocycles. The van der Waals surface area contributed by atoms with Crippen LogP contribution >= 0.6 is 0 Å². The summed E-state index contributed by atoms with van der Waals surface area (Å²) in [6, 6.07) is 7.18. The van der Waals surface area contributed by atoms with E-state index in [-0.39, 0.29) is 0 Å². The number of rotatable bonds is 7. The highest BCUT2D eigenvalue weighted by atomic mass is 16.5. The fourth-order valence-corrected chi connectivity index (χ4v) is 1.59. The summed E-state index contributed by atoms with van der Waals surface area (Å²) in [6.07, 6.45) is -0.465. The summed E-state index contributed by atoms with van der Waals surface area (Å²) in [4.78, 5) is 2.16. The minimum absolute atomic E-state index is 0.306. The minimum atomic E-state index is -0.465. The topological polar surface area (TPSA) is 58.7 Å². The first-order valence-corrected chi connectivity index (χ1v) is 6.04. The molecule has 0 spiro atoms. The lowest BCUT2D eigenvalue weighted by Gasteiger charge is -2.21. The normalized spacial score (nSPS) is 12.7. The zero-order valence-electron chi connectivity index (χ0n) is 10.6. The average molecular weight is 238 g/mol. The molecule has 0 aliphatic heterocycles. The van der Waals surface area contributed by atoms with Crippen LogP contribution in [-0.4, -0.2) is 42.4 Å². The lowest BCUT2D eigenvalue weighted by atomic mass is 10.3. The van der Waals surface area contributed by atoms with Gasteiger partial charge in [0.25, 0.3) is 0 Å². The van der Waals surface area contributed by atoms with Gasteiger partial charge in [-0.2, -0.15) is 0 Å². The fraction of sp³-hybridized carbons (Fsp3) is 0.538. The maximum Gasteiger partial charge on any atom is 0.119 e. The van der Waals surface area contributed by atoms with E-state index in [2.05, 4.69) is 18.7 Å². The quantitative estimate of drug-likeness (QED) is 0.704. The van der Waals surface area contributed by atoms with Crippen LogP contribution in [0.4, 0.5) is 5.69 Å². The number of hydrogen-bond donors (Lipinski definition) is 2. The molecule has 96 valence electrons. The molecule has 0 heterocycles. The summed E-state index contributed by atoms with van der Waals surface area (Å²) in [5.41, 5.74) is 6.28. The summed E-state index contributed by atoms with van der Waals surface area (Å²) in [6.45, 7) is 6.99. The molecule has 0 radical (unpaired) electrons. The van der Waals surface area contributed by atoms with E-state index in [0.717, 1.165) is 18.8 Å². The Hall–Kier alpha value is -1.26. The monoisotopic (exact) mass is 238 g/mol. The first-order chi connectivity index (χ1) is 8.15. The molecule has 0 bridgehead atoms. The summed E-state index contributed by atoms with van der Waals surface area (Å²) >= 11 is 0. The molecule has 17 heavy (non-hydrogen) atoms. The Kier molecular flexibility index (Phi) is 5.80. The lowest BCUT2D eigenvalue weighted by molar-refractivity contribution is 0.0716. The van der Waals surface area contributed by atoms with Crippen LogP contribution in [0.25, 0.3) is 0 Å². The van der Waals surface area contributed by atoms with Crippen molar-refractivity contribution in [3.63, 3.8) is 0 Å². The SMILES string of the molecule is CCN(CC)CC(O)COc1ccc(N)cc1. The second-order valence-corrected chi connectivity index (χ2v) is 4.02. The number of hydrogen-bond acceptors (Lipinski definition) is 4. The Morgan fingerprint density at radius 3 is 2.35 bits per heavy atom. The van der Waals surface area contributed by atoms with Gasteiger partial charge in [0.05, 0.1) is 0 Å². The fourth-order valence-electron chi connectivity index (χ4n) is 1.59. The van der Waals surface area contributed by atoms with Crippen molar-refractivity contribution in [2.24, 2.45) is 0 Å². The van der Waals surface area contributed by atoms with Crippen molar-refractivity contribution in [2.45, 2.75) is 20.0 Å². The van der Waals surface area contributed by atoms with Crippen molar-refractivity contribution >= 4 is 5.69 Å². The summed E-state index contributed by atoms with van der Waals surface area (Å²) < 4.78 is 5.48. The molecule has 0 aliphatic rings. The van der Waals surface area contributed by atoms with Crippen molar-refractivity contribution < 1.29 is 9.84 Å². The molecule has 0 saturated carbocycles. The van der Waals surface area contributed by atoms with Crippen LogP contribution in [0.5, 0.6) is 5.75 Å². The van der Waals surface area contributed by atoms with Gasteiger partial charge in [0.2, 0.25) is 0 Å². The van der Waals surface area contributed by atoms with E-state index < -0.39 is 6.10 Å². The second kappa shape index (κ2) is 7.14. The number of nitrogen functional groups attached to an aromatic ring is 1. The second-order valence-electron chi connectivity index (χ2n) is 4.02. The van der Waals surface area contributed by atoms with E-state index in [9.17, 15) is 5.11 Å². The number of aliphatic hydroxyl groups is 1. The zero-order chi connectivity index (χ0) is 12.7. The highest BCUT2D eigenvalue weighted by Gasteiger charge is 2.09. The molecule has 0 fully saturated rings. The zero-order valence-corrected chi connectivity index (χ0v) is 10.6. The van der Waals surface area contributed by atoms with E-state index in [4.69, 9.17) is 10.5 Å². The van der Waals surface area contributed by atoms with Crippen LogP contribution in [0.1, 0.15) is 13.8 Å². The van der Waals surface area contributed by atoms with Crippen molar-refractivity contribution in [2.75, 3.05) is 32.0 Å². The Morgan fingerprint density at radius 1 is 1.24 bits per heavy atom. The maximum absolute atomic E-state index is 9.81. The van der Waals surface area contributed by atoms with E-state index in [1.807, 2.05) is 0 Å². The highest BCUT2D eigenvalue weighted by molar-refractivity contribution is 5.41. The third-order valence-electron chi connectivity index (χ3n) is 2.69. The van der Waals surface area contributed by atoms with Crippen LogP contribution in [0.2, 0.25) is 0 Å². The summed E-state index contributed by atoms with van der Waals surface area (Å²) in [5.74, 6) is 0.734. The average Bonchev–Trinajstić information content (AvgIpc) is 2.35. The van der Waals surface area contributed by atoms with Gasteiger partial charge < -0.3 is 20.5 Å². The van der Waals surface area contributed by atoms with Gasteiger partial charge in [0.1, 0.15) is 18.5 Å². The van der Waals surface area contributed by atoms with Gasteiger partial charge in [-0.25, -0.2) is 0 Å². The van der Waals surface area contributed by atoms with Crippen molar-refractivity contribution in [3.8, 4) is 5.75 Å². The Balaban J connectivity index is 2.32. The van der Waals surface area contributed by atoms with Crippen LogP contribution in [0.3, 0.4) is 0 Å². The Morgan fingerprint density at radius 2 is 1.82 bits per heavy atom. The van der Waals surface area contributed by atoms with Crippen LogP contribution in [-0.2, 0) is 0 Å². The standard InChI is InChI=1S/C13H22N2O2/c1-3-15(4-2)9-12(16)10-17-13-7-5-11(14)6-8-13/h5-8,12,16H,3-4,9-10,14H2,1-2H3. The van der Waals surface area contributed by atoms with Gasteiger partial charge in [0.15, 0.2) is 0 Å². The molecule has 0 amide bonds. The minimum Gasteiger partial charge on any atom is -0.491 e. The number of likely N-dealkylation sites (N-methyl/N-ethyl adjacent to an activating group) is 1. The third-order valence-corrected chi connectivity index (χ3v) is 2.69.